The van der Waals surface area contributed by atoms with Crippen LogP contribution in [0.25, 0.3) is 0 Å². The maximum Gasteiger partial charge on any atom is 0.422 e. The Morgan fingerprint density at radius 2 is 1.96 bits per heavy atom. The molecule has 0 atom stereocenters. The third-order valence-electron chi connectivity index (χ3n) is 4.08. The average molecular weight is 380 g/mol. The van der Waals surface area contributed by atoms with E-state index in [1.165, 1.54) is 18.3 Å². The first kappa shape index (κ1) is 18.9. The highest BCUT2D eigenvalue weighted by atomic mass is 19.4. The predicted octanol–water partition coefficient (Wildman–Crippen LogP) is 2.95. The van der Waals surface area contributed by atoms with Gasteiger partial charge in [0, 0.05) is 32.0 Å². The zero-order chi connectivity index (χ0) is 19.3. The number of halogens is 3. The van der Waals surface area contributed by atoms with Crippen molar-refractivity contribution in [3.05, 3.63) is 47.8 Å². The summed E-state index contributed by atoms with van der Waals surface area (Å²) in [6.45, 7) is 0.625. The molecule has 9 heteroatoms. The smallest absolute Gasteiger partial charge is 0.422 e. The Balaban J connectivity index is 1.63. The van der Waals surface area contributed by atoms with E-state index in [0.29, 0.717) is 0 Å². The van der Waals surface area contributed by atoms with Crippen LogP contribution in [-0.2, 0) is 6.54 Å². The molecule has 0 saturated carbocycles. The summed E-state index contributed by atoms with van der Waals surface area (Å²) in [6.07, 6.45) is 0.702. The number of nitrogens with one attached hydrogen (secondary N) is 1. The van der Waals surface area contributed by atoms with E-state index in [4.69, 9.17) is 0 Å². The molecule has 0 bridgehead atoms. The first-order chi connectivity index (χ1) is 12.9. The molecule has 3 heterocycles. The number of hydrogen-bond donors (Lipinski definition) is 1. The van der Waals surface area contributed by atoms with Gasteiger partial charge in [-0.1, -0.05) is 0 Å². The Labute approximate surface area is 154 Å². The van der Waals surface area contributed by atoms with E-state index in [0.717, 1.165) is 37.3 Å². The van der Waals surface area contributed by atoms with Gasteiger partial charge in [-0.05, 0) is 42.7 Å². The van der Waals surface area contributed by atoms with Gasteiger partial charge in [0.05, 0.1) is 0 Å². The van der Waals surface area contributed by atoms with E-state index in [-0.39, 0.29) is 18.0 Å². The molecule has 1 amide bonds. The number of carbonyl (C=O) groups is 1. The summed E-state index contributed by atoms with van der Waals surface area (Å²) in [7, 11) is 0. The maximum absolute atomic E-state index is 12.4. The van der Waals surface area contributed by atoms with Gasteiger partial charge in [0.2, 0.25) is 5.88 Å². The Kier molecular flexibility index (Phi) is 5.78. The Bertz CT molecular complexity index is 792. The van der Waals surface area contributed by atoms with Crippen LogP contribution in [0.3, 0.4) is 0 Å². The van der Waals surface area contributed by atoms with E-state index in [2.05, 4.69) is 24.9 Å². The van der Waals surface area contributed by atoms with Crippen LogP contribution in [0.15, 0.2) is 36.7 Å². The predicted molar refractivity (Wildman–Crippen MR) is 92.6 cm³/mol. The molecule has 0 radical (unpaired) electrons. The zero-order valence-corrected chi connectivity index (χ0v) is 14.5. The number of alkyl halides is 3. The molecule has 0 spiro atoms. The lowest BCUT2D eigenvalue weighted by Crippen LogP contribution is -2.26. The molecule has 6 nitrogen and oxygen atoms in total. The first-order valence-electron chi connectivity index (χ1n) is 8.55. The minimum absolute atomic E-state index is 0.0458. The molecule has 2 aromatic heterocycles. The number of hydrogen-bond acceptors (Lipinski definition) is 5. The number of amides is 1. The monoisotopic (exact) mass is 380 g/mol. The number of pyridine rings is 2. The summed E-state index contributed by atoms with van der Waals surface area (Å²) < 4.78 is 41.7. The van der Waals surface area contributed by atoms with Crippen molar-refractivity contribution in [2.45, 2.75) is 25.6 Å². The van der Waals surface area contributed by atoms with E-state index < -0.39 is 18.7 Å². The van der Waals surface area contributed by atoms with Gasteiger partial charge in [-0.25, -0.2) is 9.97 Å². The molecule has 144 valence electrons. The molecule has 27 heavy (non-hydrogen) atoms. The molecule has 1 fully saturated rings. The van der Waals surface area contributed by atoms with Crippen LogP contribution < -0.4 is 15.0 Å². The molecular formula is C18H19F3N4O2. The highest BCUT2D eigenvalue weighted by Gasteiger charge is 2.29. The minimum atomic E-state index is -4.51. The van der Waals surface area contributed by atoms with Crippen molar-refractivity contribution in [2.24, 2.45) is 0 Å². The van der Waals surface area contributed by atoms with Gasteiger partial charge in [0.1, 0.15) is 11.4 Å². The topological polar surface area (TPSA) is 67.4 Å². The van der Waals surface area contributed by atoms with E-state index >= 15 is 0 Å². The van der Waals surface area contributed by atoms with Crippen molar-refractivity contribution in [3.8, 4) is 5.88 Å². The van der Waals surface area contributed by atoms with Gasteiger partial charge in [0.15, 0.2) is 6.61 Å². The largest absolute Gasteiger partial charge is 0.467 e. The first-order valence-corrected chi connectivity index (χ1v) is 8.55. The summed E-state index contributed by atoms with van der Waals surface area (Å²) in [5, 5.41) is 2.68. The number of nitrogens with zero attached hydrogens (tertiary/aromatic N) is 3. The van der Waals surface area contributed by atoms with Crippen LogP contribution in [0.2, 0.25) is 0 Å². The molecule has 1 N–H and O–H groups in total. The van der Waals surface area contributed by atoms with Crippen molar-refractivity contribution in [2.75, 3.05) is 24.6 Å². The van der Waals surface area contributed by atoms with Crippen LogP contribution in [0.5, 0.6) is 5.88 Å². The number of ether oxygens (including phenoxy) is 1. The molecular weight excluding hydrogens is 361 g/mol. The molecule has 3 rings (SSSR count). The second-order valence-corrected chi connectivity index (χ2v) is 6.16. The van der Waals surface area contributed by atoms with Crippen molar-refractivity contribution in [1.29, 1.82) is 0 Å². The normalized spacial score (nSPS) is 14.3. The number of carbonyl (C=O) groups excluding carboxylic acids is 1. The lowest BCUT2D eigenvalue weighted by Gasteiger charge is -2.17. The Hall–Kier alpha value is -2.84. The highest BCUT2D eigenvalue weighted by molar-refractivity contribution is 5.96. The van der Waals surface area contributed by atoms with Gasteiger partial charge < -0.3 is 15.0 Å². The van der Waals surface area contributed by atoms with Gasteiger partial charge in [-0.15, -0.1) is 0 Å². The van der Waals surface area contributed by atoms with Crippen molar-refractivity contribution in [1.82, 2.24) is 15.3 Å². The molecule has 1 aliphatic heterocycles. The molecule has 1 saturated heterocycles. The third kappa shape index (κ3) is 5.32. The number of anilines is 1. The molecule has 0 aromatic carbocycles. The third-order valence-corrected chi connectivity index (χ3v) is 4.08. The van der Waals surface area contributed by atoms with Crippen molar-refractivity contribution >= 4 is 11.7 Å². The quantitative estimate of drug-likeness (QED) is 0.835. The van der Waals surface area contributed by atoms with Gasteiger partial charge in [-0.2, -0.15) is 13.2 Å². The summed E-state index contributed by atoms with van der Waals surface area (Å²) in [4.78, 5) is 22.6. The van der Waals surface area contributed by atoms with Gasteiger partial charge in [-0.3, -0.25) is 4.79 Å². The number of rotatable bonds is 6. The maximum atomic E-state index is 12.4. The fourth-order valence-electron chi connectivity index (χ4n) is 2.80. The number of aromatic nitrogens is 2. The van der Waals surface area contributed by atoms with Gasteiger partial charge in [0.25, 0.3) is 5.91 Å². The van der Waals surface area contributed by atoms with E-state index in [9.17, 15) is 18.0 Å². The van der Waals surface area contributed by atoms with Crippen LogP contribution in [0.1, 0.15) is 28.8 Å². The van der Waals surface area contributed by atoms with E-state index in [1.54, 1.807) is 12.3 Å². The SMILES string of the molecule is O=C(NCc1ccnc(N2CCCC2)c1)c1cccnc1OCC(F)(F)F. The van der Waals surface area contributed by atoms with Crippen molar-refractivity contribution in [3.63, 3.8) is 0 Å². The van der Waals surface area contributed by atoms with Crippen molar-refractivity contribution < 1.29 is 22.7 Å². The minimum Gasteiger partial charge on any atom is -0.467 e. The summed E-state index contributed by atoms with van der Waals surface area (Å²) >= 11 is 0. The van der Waals surface area contributed by atoms with E-state index in [1.807, 2.05) is 6.07 Å². The summed E-state index contributed by atoms with van der Waals surface area (Å²) in [5.74, 6) is -0.0468. The fourth-order valence-corrected chi connectivity index (χ4v) is 2.80. The van der Waals surface area contributed by atoms with Crippen LogP contribution in [0, 0.1) is 0 Å². The lowest BCUT2D eigenvalue weighted by molar-refractivity contribution is -0.154. The van der Waals surface area contributed by atoms with Crippen LogP contribution in [-0.4, -0.2) is 41.7 Å². The van der Waals surface area contributed by atoms with Gasteiger partial charge >= 0.3 is 6.18 Å². The Morgan fingerprint density at radius 1 is 1.19 bits per heavy atom. The second kappa shape index (κ2) is 8.24. The Morgan fingerprint density at radius 3 is 2.70 bits per heavy atom. The summed E-state index contributed by atoms with van der Waals surface area (Å²) in [5.41, 5.74) is 0.803. The van der Waals surface area contributed by atoms with Crippen LogP contribution >= 0.6 is 0 Å². The highest BCUT2D eigenvalue weighted by Crippen LogP contribution is 2.21. The standard InChI is InChI=1S/C18H19F3N4O2/c19-18(20,21)12-27-17-14(4-3-6-23-17)16(26)24-11-13-5-7-22-15(10-13)25-8-1-2-9-25/h3-7,10H,1-2,8-9,11-12H2,(H,24,26). The summed E-state index contributed by atoms with van der Waals surface area (Å²) in [6, 6.07) is 6.52. The molecule has 0 aliphatic carbocycles. The molecule has 1 aliphatic rings. The van der Waals surface area contributed by atoms with Crippen LogP contribution in [0.4, 0.5) is 19.0 Å². The lowest BCUT2D eigenvalue weighted by atomic mass is 10.2. The molecule has 0 unspecified atom stereocenters. The zero-order valence-electron chi connectivity index (χ0n) is 14.5. The fraction of sp³-hybridized carbons (Fsp3) is 0.389. The molecule has 2 aromatic rings. The average Bonchev–Trinajstić information content (AvgIpc) is 3.19. The second-order valence-electron chi connectivity index (χ2n) is 6.16.